The van der Waals surface area contributed by atoms with Gasteiger partial charge in [0.25, 0.3) is 0 Å². The highest BCUT2D eigenvalue weighted by Gasteiger charge is 2.18. The topological polar surface area (TPSA) is 20.2 Å². The van der Waals surface area contributed by atoms with Crippen molar-refractivity contribution >= 4 is 6.08 Å². The highest BCUT2D eigenvalue weighted by Crippen LogP contribution is 2.31. The van der Waals surface area contributed by atoms with E-state index in [2.05, 4.69) is 0 Å². The summed E-state index contributed by atoms with van der Waals surface area (Å²) in [6, 6.07) is 4.13. The van der Waals surface area contributed by atoms with Gasteiger partial charge in [-0.15, -0.1) is 0 Å². The van der Waals surface area contributed by atoms with E-state index in [9.17, 15) is 13.9 Å². The van der Waals surface area contributed by atoms with E-state index in [1.165, 1.54) is 18.6 Å². The van der Waals surface area contributed by atoms with Gasteiger partial charge in [0.2, 0.25) is 0 Å². The number of rotatable bonds is 3. The maximum absolute atomic E-state index is 13.6. The zero-order chi connectivity index (χ0) is 13.0. The van der Waals surface area contributed by atoms with Crippen LogP contribution in [0.5, 0.6) is 0 Å². The van der Waals surface area contributed by atoms with Crippen molar-refractivity contribution in [3.63, 3.8) is 0 Å². The van der Waals surface area contributed by atoms with Gasteiger partial charge in [-0.05, 0) is 30.4 Å². The van der Waals surface area contributed by atoms with Gasteiger partial charge in [0.1, 0.15) is 0 Å². The minimum Gasteiger partial charge on any atom is -0.392 e. The van der Waals surface area contributed by atoms with Crippen LogP contribution in [0.2, 0.25) is 0 Å². The van der Waals surface area contributed by atoms with Crippen molar-refractivity contribution in [2.75, 3.05) is 6.61 Å². The summed E-state index contributed by atoms with van der Waals surface area (Å²) in [5.41, 5.74) is 1.05. The molecule has 2 rings (SSSR count). The third kappa shape index (κ3) is 2.96. The van der Waals surface area contributed by atoms with Gasteiger partial charge in [-0.1, -0.05) is 37.5 Å². The third-order valence-electron chi connectivity index (χ3n) is 3.63. The standard InChI is InChI=1S/C15H18F2O/c16-14-8-4-7-12(15(14)17)9-13(10-18)11-5-2-1-3-6-11/h4,7-9,11,18H,1-3,5-6,10H2. The molecule has 0 spiro atoms. The van der Waals surface area contributed by atoms with Gasteiger partial charge in [-0.2, -0.15) is 0 Å². The Morgan fingerprint density at radius 2 is 1.94 bits per heavy atom. The largest absolute Gasteiger partial charge is 0.392 e. The van der Waals surface area contributed by atoms with Crippen LogP contribution in [-0.4, -0.2) is 11.7 Å². The van der Waals surface area contributed by atoms with Crippen molar-refractivity contribution in [3.8, 4) is 0 Å². The van der Waals surface area contributed by atoms with Gasteiger partial charge >= 0.3 is 0 Å². The summed E-state index contributed by atoms with van der Waals surface area (Å²) in [7, 11) is 0. The Bertz CT molecular complexity index is 434. The minimum absolute atomic E-state index is 0.0827. The molecule has 1 fully saturated rings. The predicted octanol–water partition coefficient (Wildman–Crippen LogP) is 3.92. The Hall–Kier alpha value is -1.22. The molecule has 0 heterocycles. The first-order valence-electron chi connectivity index (χ1n) is 6.47. The van der Waals surface area contributed by atoms with E-state index < -0.39 is 11.6 Å². The van der Waals surface area contributed by atoms with E-state index in [1.807, 2.05) is 0 Å². The third-order valence-corrected chi connectivity index (χ3v) is 3.63. The van der Waals surface area contributed by atoms with Crippen molar-refractivity contribution in [1.82, 2.24) is 0 Å². The van der Waals surface area contributed by atoms with Crippen LogP contribution in [0.25, 0.3) is 6.08 Å². The zero-order valence-electron chi connectivity index (χ0n) is 10.3. The SMILES string of the molecule is OCC(=Cc1cccc(F)c1F)C1CCCCC1. The molecule has 0 amide bonds. The lowest BCUT2D eigenvalue weighted by Gasteiger charge is -2.23. The average Bonchev–Trinajstić information content (AvgIpc) is 2.41. The molecule has 0 unspecified atom stereocenters. The lowest BCUT2D eigenvalue weighted by atomic mass is 9.83. The summed E-state index contributed by atoms with van der Waals surface area (Å²) in [6.07, 6.45) is 7.19. The summed E-state index contributed by atoms with van der Waals surface area (Å²) >= 11 is 0. The highest BCUT2D eigenvalue weighted by molar-refractivity contribution is 5.54. The van der Waals surface area contributed by atoms with E-state index in [0.717, 1.165) is 37.3 Å². The Labute approximate surface area is 106 Å². The van der Waals surface area contributed by atoms with E-state index in [4.69, 9.17) is 0 Å². The number of aliphatic hydroxyl groups is 1. The Morgan fingerprint density at radius 3 is 2.61 bits per heavy atom. The van der Waals surface area contributed by atoms with Crippen LogP contribution < -0.4 is 0 Å². The van der Waals surface area contributed by atoms with E-state index in [0.29, 0.717) is 5.92 Å². The molecule has 18 heavy (non-hydrogen) atoms. The molecule has 0 aliphatic heterocycles. The molecule has 1 aromatic rings. The number of hydrogen-bond donors (Lipinski definition) is 1. The molecule has 0 saturated heterocycles. The quantitative estimate of drug-likeness (QED) is 0.864. The zero-order valence-corrected chi connectivity index (χ0v) is 10.3. The normalized spacial score (nSPS) is 18.1. The summed E-state index contributed by atoms with van der Waals surface area (Å²) in [5.74, 6) is -1.37. The molecular weight excluding hydrogens is 234 g/mol. The molecule has 1 aliphatic rings. The van der Waals surface area contributed by atoms with Gasteiger partial charge in [0.05, 0.1) is 6.61 Å². The molecule has 1 aromatic carbocycles. The van der Waals surface area contributed by atoms with Gasteiger partial charge in [-0.3, -0.25) is 0 Å². The van der Waals surface area contributed by atoms with Crippen LogP contribution in [0.15, 0.2) is 23.8 Å². The van der Waals surface area contributed by atoms with Gasteiger partial charge in [0.15, 0.2) is 11.6 Å². The number of hydrogen-bond acceptors (Lipinski definition) is 1. The lowest BCUT2D eigenvalue weighted by Crippen LogP contribution is -2.12. The molecule has 1 nitrogen and oxygen atoms in total. The van der Waals surface area contributed by atoms with Crippen LogP contribution in [-0.2, 0) is 0 Å². The fourth-order valence-electron chi connectivity index (χ4n) is 2.60. The summed E-state index contributed by atoms with van der Waals surface area (Å²) in [5, 5.41) is 9.42. The molecule has 98 valence electrons. The molecular formula is C15H18F2O. The summed E-state index contributed by atoms with van der Waals surface area (Å²) in [4.78, 5) is 0. The first-order valence-corrected chi connectivity index (χ1v) is 6.47. The number of benzene rings is 1. The Balaban J connectivity index is 2.25. The molecule has 0 bridgehead atoms. The second kappa shape index (κ2) is 6.10. The molecule has 1 aliphatic carbocycles. The number of aliphatic hydroxyl groups excluding tert-OH is 1. The van der Waals surface area contributed by atoms with E-state index in [1.54, 1.807) is 6.08 Å². The van der Waals surface area contributed by atoms with Gasteiger partial charge < -0.3 is 5.11 Å². The van der Waals surface area contributed by atoms with Crippen LogP contribution >= 0.6 is 0 Å². The molecule has 0 radical (unpaired) electrons. The second-order valence-electron chi connectivity index (χ2n) is 4.86. The molecule has 1 saturated carbocycles. The Kier molecular flexibility index (Phi) is 4.48. The van der Waals surface area contributed by atoms with Gasteiger partial charge in [0, 0.05) is 5.56 Å². The monoisotopic (exact) mass is 252 g/mol. The van der Waals surface area contributed by atoms with Crippen LogP contribution in [0, 0.1) is 17.6 Å². The van der Waals surface area contributed by atoms with Crippen molar-refractivity contribution < 1.29 is 13.9 Å². The molecule has 0 aromatic heterocycles. The van der Waals surface area contributed by atoms with Crippen molar-refractivity contribution in [3.05, 3.63) is 41.0 Å². The summed E-state index contributed by atoms with van der Waals surface area (Å²) in [6.45, 7) is -0.0827. The van der Waals surface area contributed by atoms with Crippen LogP contribution in [0.3, 0.4) is 0 Å². The molecule has 1 N–H and O–H groups in total. The maximum Gasteiger partial charge on any atom is 0.166 e. The van der Waals surface area contributed by atoms with Crippen LogP contribution in [0.1, 0.15) is 37.7 Å². The second-order valence-corrected chi connectivity index (χ2v) is 4.86. The fraction of sp³-hybridized carbons (Fsp3) is 0.467. The molecule has 3 heteroatoms. The average molecular weight is 252 g/mol. The van der Waals surface area contributed by atoms with E-state index in [-0.39, 0.29) is 12.2 Å². The minimum atomic E-state index is -0.843. The smallest absolute Gasteiger partial charge is 0.166 e. The number of halogens is 2. The summed E-state index contributed by atoms with van der Waals surface area (Å²) < 4.78 is 26.7. The van der Waals surface area contributed by atoms with Crippen LogP contribution in [0.4, 0.5) is 8.78 Å². The maximum atomic E-state index is 13.6. The predicted molar refractivity (Wildman–Crippen MR) is 68.0 cm³/mol. The highest BCUT2D eigenvalue weighted by atomic mass is 19.2. The lowest BCUT2D eigenvalue weighted by molar-refractivity contribution is 0.295. The van der Waals surface area contributed by atoms with E-state index >= 15 is 0 Å². The Morgan fingerprint density at radius 1 is 1.22 bits per heavy atom. The first-order chi connectivity index (χ1) is 8.72. The molecule has 0 atom stereocenters. The van der Waals surface area contributed by atoms with Crippen molar-refractivity contribution in [2.24, 2.45) is 5.92 Å². The van der Waals surface area contributed by atoms with Crippen molar-refractivity contribution in [2.45, 2.75) is 32.1 Å². The van der Waals surface area contributed by atoms with Crippen molar-refractivity contribution in [1.29, 1.82) is 0 Å². The fourth-order valence-corrected chi connectivity index (χ4v) is 2.60. The van der Waals surface area contributed by atoms with Gasteiger partial charge in [-0.25, -0.2) is 8.78 Å². The first kappa shape index (κ1) is 13.2.